The van der Waals surface area contributed by atoms with Crippen LogP contribution in [0.25, 0.3) is 11.0 Å². The standard InChI is InChI=1S/C11H14FN5O/c1-16(2)6-5-13-11-14-9-7-8(12)3-4-10(9)17(18)15-11/h3-4,7H,5-6H2,1-2H3,(H,13,14,15). The Morgan fingerprint density at radius 1 is 1.44 bits per heavy atom. The number of anilines is 1. The molecule has 96 valence electrons. The van der Waals surface area contributed by atoms with Crippen LogP contribution in [-0.4, -0.2) is 42.2 Å². The molecule has 1 heterocycles. The van der Waals surface area contributed by atoms with Gasteiger partial charge in [-0.2, -0.15) is 0 Å². The van der Waals surface area contributed by atoms with E-state index in [1.807, 2.05) is 19.0 Å². The molecular formula is C11H14FN5O. The van der Waals surface area contributed by atoms with Crippen LogP contribution >= 0.6 is 0 Å². The minimum Gasteiger partial charge on any atom is -0.594 e. The molecule has 6 nitrogen and oxygen atoms in total. The number of halogens is 1. The number of hydrogen-bond donors (Lipinski definition) is 1. The van der Waals surface area contributed by atoms with Crippen molar-refractivity contribution in [3.05, 3.63) is 29.2 Å². The van der Waals surface area contributed by atoms with Gasteiger partial charge in [0.2, 0.25) is 0 Å². The van der Waals surface area contributed by atoms with Gasteiger partial charge in [0.05, 0.1) is 5.10 Å². The summed E-state index contributed by atoms with van der Waals surface area (Å²) in [5, 5.41) is 18.2. The largest absolute Gasteiger partial charge is 0.594 e. The molecule has 7 heteroatoms. The van der Waals surface area contributed by atoms with E-state index in [1.165, 1.54) is 18.2 Å². The lowest BCUT2D eigenvalue weighted by Crippen LogP contribution is -2.34. The zero-order valence-electron chi connectivity index (χ0n) is 10.2. The molecule has 0 amide bonds. The third kappa shape index (κ3) is 2.80. The average molecular weight is 251 g/mol. The van der Waals surface area contributed by atoms with E-state index in [4.69, 9.17) is 0 Å². The highest BCUT2D eigenvalue weighted by molar-refractivity contribution is 5.71. The first kappa shape index (κ1) is 12.4. The van der Waals surface area contributed by atoms with E-state index in [2.05, 4.69) is 15.4 Å². The Labute approximate surface area is 104 Å². The second-order valence-corrected chi connectivity index (χ2v) is 4.17. The van der Waals surface area contributed by atoms with E-state index in [-0.39, 0.29) is 17.0 Å². The van der Waals surface area contributed by atoms with Gasteiger partial charge < -0.3 is 15.4 Å². The van der Waals surface area contributed by atoms with Gasteiger partial charge in [-0.1, -0.05) is 0 Å². The molecule has 0 aliphatic carbocycles. The number of benzene rings is 1. The van der Waals surface area contributed by atoms with Gasteiger partial charge in [0.15, 0.2) is 0 Å². The molecule has 0 aliphatic heterocycles. The summed E-state index contributed by atoms with van der Waals surface area (Å²) in [5.41, 5.74) is 0.530. The van der Waals surface area contributed by atoms with Gasteiger partial charge in [-0.15, -0.1) is 0 Å². The van der Waals surface area contributed by atoms with Gasteiger partial charge in [-0.25, -0.2) is 9.37 Å². The minimum absolute atomic E-state index is 0.199. The van der Waals surface area contributed by atoms with Crippen molar-refractivity contribution in [2.75, 3.05) is 32.5 Å². The van der Waals surface area contributed by atoms with Gasteiger partial charge in [0, 0.05) is 25.2 Å². The van der Waals surface area contributed by atoms with Crippen molar-refractivity contribution >= 4 is 17.0 Å². The number of likely N-dealkylation sites (N-methyl/N-ethyl adjacent to an activating group) is 1. The molecule has 0 radical (unpaired) electrons. The van der Waals surface area contributed by atoms with Crippen molar-refractivity contribution in [3.8, 4) is 0 Å². The van der Waals surface area contributed by atoms with Crippen LogP contribution in [0, 0.1) is 11.0 Å². The van der Waals surface area contributed by atoms with Gasteiger partial charge in [0.25, 0.3) is 11.5 Å². The molecule has 1 aromatic heterocycles. The lowest BCUT2D eigenvalue weighted by molar-refractivity contribution is -0.641. The summed E-state index contributed by atoms with van der Waals surface area (Å²) >= 11 is 0. The topological polar surface area (TPSA) is 68.0 Å². The molecule has 2 rings (SSSR count). The van der Waals surface area contributed by atoms with Crippen LogP contribution in [0.5, 0.6) is 0 Å². The molecule has 0 unspecified atom stereocenters. The first-order valence-corrected chi connectivity index (χ1v) is 5.52. The van der Waals surface area contributed by atoms with Gasteiger partial charge in [0.1, 0.15) is 11.3 Å². The van der Waals surface area contributed by atoms with Crippen LogP contribution in [0.1, 0.15) is 0 Å². The fourth-order valence-electron chi connectivity index (χ4n) is 1.49. The van der Waals surface area contributed by atoms with Crippen molar-refractivity contribution in [1.82, 2.24) is 15.0 Å². The molecule has 0 saturated carbocycles. The summed E-state index contributed by atoms with van der Waals surface area (Å²) in [6.07, 6.45) is 0. The Morgan fingerprint density at radius 3 is 2.94 bits per heavy atom. The van der Waals surface area contributed by atoms with E-state index >= 15 is 0 Å². The van der Waals surface area contributed by atoms with Crippen LogP contribution in [0.3, 0.4) is 0 Å². The summed E-state index contributed by atoms with van der Waals surface area (Å²) in [4.78, 5) is 6.52. The van der Waals surface area contributed by atoms with Crippen molar-refractivity contribution in [3.63, 3.8) is 0 Å². The van der Waals surface area contributed by atoms with Gasteiger partial charge in [-0.3, -0.25) is 0 Å². The fraction of sp³-hybridized carbons (Fsp3) is 0.364. The number of rotatable bonds is 4. The van der Waals surface area contributed by atoms with E-state index in [1.54, 1.807) is 0 Å². The Hall–Kier alpha value is -2.02. The SMILES string of the molecule is CN(C)CCNc1nc2cc(F)ccc2[n+]([O-])n1. The summed E-state index contributed by atoms with van der Waals surface area (Å²) in [6, 6.07) is 3.78. The fourth-order valence-corrected chi connectivity index (χ4v) is 1.49. The van der Waals surface area contributed by atoms with Crippen molar-refractivity contribution < 1.29 is 9.24 Å². The van der Waals surface area contributed by atoms with E-state index in [0.29, 0.717) is 11.4 Å². The molecular weight excluding hydrogens is 237 g/mol. The Bertz CT molecular complexity index is 560. The summed E-state index contributed by atoms with van der Waals surface area (Å²) < 4.78 is 13.1. The van der Waals surface area contributed by atoms with Crippen LogP contribution in [0.2, 0.25) is 0 Å². The van der Waals surface area contributed by atoms with Crippen LogP contribution in [-0.2, 0) is 0 Å². The number of aromatic nitrogens is 3. The lowest BCUT2D eigenvalue weighted by atomic mass is 10.3. The molecule has 1 N–H and O–H groups in total. The third-order valence-corrected chi connectivity index (χ3v) is 2.40. The molecule has 0 saturated heterocycles. The Balaban J connectivity index is 2.24. The molecule has 1 aromatic carbocycles. The van der Waals surface area contributed by atoms with Crippen molar-refractivity contribution in [1.29, 1.82) is 0 Å². The lowest BCUT2D eigenvalue weighted by Gasteiger charge is -2.09. The van der Waals surface area contributed by atoms with E-state index in [9.17, 15) is 9.60 Å². The maximum absolute atomic E-state index is 13.1. The zero-order chi connectivity index (χ0) is 13.1. The Morgan fingerprint density at radius 2 is 2.22 bits per heavy atom. The number of nitrogens with one attached hydrogen (secondary N) is 1. The maximum Gasteiger partial charge on any atom is 0.290 e. The maximum atomic E-state index is 13.1. The number of nitrogens with zero attached hydrogens (tertiary/aromatic N) is 4. The van der Waals surface area contributed by atoms with E-state index in [0.717, 1.165) is 6.54 Å². The molecule has 0 aliphatic rings. The first-order chi connectivity index (χ1) is 8.56. The molecule has 0 atom stereocenters. The zero-order valence-corrected chi connectivity index (χ0v) is 10.2. The van der Waals surface area contributed by atoms with Crippen molar-refractivity contribution in [2.24, 2.45) is 0 Å². The second-order valence-electron chi connectivity index (χ2n) is 4.17. The quantitative estimate of drug-likeness (QED) is 0.628. The first-order valence-electron chi connectivity index (χ1n) is 5.52. The molecule has 0 spiro atoms. The second kappa shape index (κ2) is 5.09. The van der Waals surface area contributed by atoms with Gasteiger partial charge >= 0.3 is 0 Å². The molecule has 0 fully saturated rings. The normalized spacial score (nSPS) is 11.1. The molecule has 2 aromatic rings. The molecule has 18 heavy (non-hydrogen) atoms. The highest BCUT2D eigenvalue weighted by Gasteiger charge is 2.11. The van der Waals surface area contributed by atoms with Gasteiger partial charge in [-0.05, 0) is 25.0 Å². The average Bonchev–Trinajstić information content (AvgIpc) is 2.27. The number of fused-ring (bicyclic) bond motifs is 1. The monoisotopic (exact) mass is 251 g/mol. The Kier molecular flexibility index (Phi) is 3.52. The summed E-state index contributed by atoms with van der Waals surface area (Å²) in [7, 11) is 3.87. The van der Waals surface area contributed by atoms with Crippen molar-refractivity contribution in [2.45, 2.75) is 0 Å². The number of hydrogen-bond acceptors (Lipinski definition) is 5. The summed E-state index contributed by atoms with van der Waals surface area (Å²) in [6.45, 7) is 1.39. The van der Waals surface area contributed by atoms with Crippen LogP contribution in [0.15, 0.2) is 18.2 Å². The third-order valence-electron chi connectivity index (χ3n) is 2.40. The van der Waals surface area contributed by atoms with Crippen LogP contribution in [0.4, 0.5) is 10.3 Å². The predicted octanol–water partition coefficient (Wildman–Crippen LogP) is 0.376. The highest BCUT2D eigenvalue weighted by Crippen LogP contribution is 2.10. The summed E-state index contributed by atoms with van der Waals surface area (Å²) in [5.74, 6) is -0.231. The minimum atomic E-state index is -0.430. The molecule has 0 bridgehead atoms. The highest BCUT2D eigenvalue weighted by atomic mass is 19.1. The predicted molar refractivity (Wildman–Crippen MR) is 65.5 cm³/mol. The van der Waals surface area contributed by atoms with Crippen LogP contribution < -0.4 is 10.2 Å². The van der Waals surface area contributed by atoms with E-state index < -0.39 is 5.82 Å². The smallest absolute Gasteiger partial charge is 0.290 e.